The topological polar surface area (TPSA) is 142 Å². The molecule has 2 aromatic rings. The van der Waals surface area contributed by atoms with Gasteiger partial charge in [0, 0.05) is 29.8 Å². The molecule has 0 unspecified atom stereocenters. The van der Waals surface area contributed by atoms with E-state index in [2.05, 4.69) is 5.32 Å². The van der Waals surface area contributed by atoms with Crippen molar-refractivity contribution in [3.8, 4) is 17.2 Å². The van der Waals surface area contributed by atoms with Gasteiger partial charge in [-0.05, 0) is 12.1 Å². The zero-order valence-corrected chi connectivity index (χ0v) is 13.0. The highest BCUT2D eigenvalue weighted by atomic mass is 16.6. The number of aromatic hydroxyl groups is 2. The van der Waals surface area contributed by atoms with Gasteiger partial charge in [-0.2, -0.15) is 0 Å². The lowest BCUT2D eigenvalue weighted by Gasteiger charge is -2.34. The molecule has 0 fully saturated rings. The molecule has 0 radical (unpaired) electrons. The number of ether oxygens (including phenoxy) is 1. The van der Waals surface area contributed by atoms with Gasteiger partial charge in [-0.25, -0.2) is 0 Å². The van der Waals surface area contributed by atoms with Gasteiger partial charge in [-0.3, -0.25) is 9.59 Å². The zero-order valence-electron chi connectivity index (χ0n) is 13.0. The highest BCUT2D eigenvalue weighted by molar-refractivity contribution is 6.15. The van der Waals surface area contributed by atoms with Gasteiger partial charge in [0.15, 0.2) is 11.5 Å². The summed E-state index contributed by atoms with van der Waals surface area (Å²) in [7, 11) is 0. The molecule has 1 aliphatic heterocycles. The number of nitrogens with two attached hydrogens (primary N) is 1. The van der Waals surface area contributed by atoms with Crippen LogP contribution in [0.25, 0.3) is 0 Å². The number of rotatable bonds is 1. The standard InChI is InChI=1S/C17H14N2O6/c1-7(20)19-16-9-5-11(21)12(22)6-13(9)25-17(16,24)8-3-2-4-10(18)14(8)15(16)23/h2-6,21-22,24H,18H2,1H3,(H,19,20)/t16-,17-/m1/s1. The van der Waals surface area contributed by atoms with Crippen LogP contribution in [0.2, 0.25) is 0 Å². The Kier molecular flexibility index (Phi) is 2.70. The van der Waals surface area contributed by atoms with E-state index < -0.39 is 34.5 Å². The molecule has 2 aliphatic rings. The summed E-state index contributed by atoms with van der Waals surface area (Å²) in [6, 6.07) is 6.67. The molecule has 25 heavy (non-hydrogen) atoms. The summed E-state index contributed by atoms with van der Waals surface area (Å²) in [5, 5.41) is 33.3. The summed E-state index contributed by atoms with van der Waals surface area (Å²) in [5.41, 5.74) is 4.18. The van der Waals surface area contributed by atoms with E-state index in [1.807, 2.05) is 0 Å². The van der Waals surface area contributed by atoms with Gasteiger partial charge in [0.2, 0.25) is 17.2 Å². The molecular formula is C17H14N2O6. The number of hydrogen-bond acceptors (Lipinski definition) is 7. The Morgan fingerprint density at radius 1 is 1.20 bits per heavy atom. The van der Waals surface area contributed by atoms with Crippen molar-refractivity contribution in [3.63, 3.8) is 0 Å². The Morgan fingerprint density at radius 2 is 1.88 bits per heavy atom. The summed E-state index contributed by atoms with van der Waals surface area (Å²) in [5.74, 6) is -4.56. The van der Waals surface area contributed by atoms with Crippen LogP contribution < -0.4 is 15.8 Å². The number of hydrogen-bond donors (Lipinski definition) is 5. The molecule has 0 saturated heterocycles. The number of fused-ring (bicyclic) bond motifs is 5. The normalized spacial score (nSPS) is 25.8. The number of carbonyl (C=O) groups is 2. The van der Waals surface area contributed by atoms with Gasteiger partial charge in [0.25, 0.3) is 5.79 Å². The van der Waals surface area contributed by atoms with E-state index >= 15 is 0 Å². The lowest BCUT2D eigenvalue weighted by molar-refractivity contribution is -0.175. The molecule has 0 bridgehead atoms. The fourth-order valence-corrected chi connectivity index (χ4v) is 3.65. The fourth-order valence-electron chi connectivity index (χ4n) is 3.65. The summed E-state index contributed by atoms with van der Waals surface area (Å²) >= 11 is 0. The third-order valence-corrected chi connectivity index (χ3v) is 4.64. The minimum atomic E-state index is -2.26. The van der Waals surface area contributed by atoms with Gasteiger partial charge in [0.05, 0.1) is 5.56 Å². The molecule has 0 saturated carbocycles. The number of ketones is 1. The van der Waals surface area contributed by atoms with Crippen molar-refractivity contribution >= 4 is 17.4 Å². The van der Waals surface area contributed by atoms with Crippen molar-refractivity contribution in [1.29, 1.82) is 0 Å². The van der Waals surface area contributed by atoms with Gasteiger partial charge in [0.1, 0.15) is 5.75 Å². The van der Waals surface area contributed by atoms with Crippen LogP contribution in [-0.4, -0.2) is 27.0 Å². The average molecular weight is 342 g/mol. The molecule has 8 heteroatoms. The number of phenols is 2. The number of phenolic OH excluding ortho intramolecular Hbond substituents is 2. The molecule has 2 aromatic carbocycles. The highest BCUT2D eigenvalue weighted by Crippen LogP contribution is 2.60. The van der Waals surface area contributed by atoms with Crippen molar-refractivity contribution in [2.45, 2.75) is 18.2 Å². The van der Waals surface area contributed by atoms with Crippen LogP contribution in [0.4, 0.5) is 5.69 Å². The summed E-state index contributed by atoms with van der Waals surface area (Å²) in [6.07, 6.45) is 0. The highest BCUT2D eigenvalue weighted by Gasteiger charge is 2.72. The van der Waals surface area contributed by atoms with Crippen LogP contribution in [0.3, 0.4) is 0 Å². The van der Waals surface area contributed by atoms with Crippen LogP contribution in [0.15, 0.2) is 30.3 Å². The van der Waals surface area contributed by atoms with Gasteiger partial charge >= 0.3 is 0 Å². The molecule has 0 aromatic heterocycles. The molecule has 1 aliphatic carbocycles. The minimum Gasteiger partial charge on any atom is -0.504 e. The van der Waals surface area contributed by atoms with Gasteiger partial charge in [-0.1, -0.05) is 12.1 Å². The second-order valence-corrected chi connectivity index (χ2v) is 6.11. The molecular weight excluding hydrogens is 328 g/mol. The molecule has 1 amide bonds. The van der Waals surface area contributed by atoms with E-state index in [9.17, 15) is 24.9 Å². The first kappa shape index (κ1) is 15.3. The summed E-state index contributed by atoms with van der Waals surface area (Å²) in [4.78, 5) is 25.1. The van der Waals surface area contributed by atoms with Crippen molar-refractivity contribution in [3.05, 3.63) is 47.0 Å². The predicted molar refractivity (Wildman–Crippen MR) is 85.0 cm³/mol. The van der Waals surface area contributed by atoms with E-state index in [0.29, 0.717) is 0 Å². The molecule has 4 rings (SSSR count). The number of Topliss-reactive ketones (excluding diaryl/α,β-unsaturated/α-hetero) is 1. The largest absolute Gasteiger partial charge is 0.504 e. The Labute approximate surface area is 141 Å². The molecule has 8 nitrogen and oxygen atoms in total. The van der Waals surface area contributed by atoms with Crippen LogP contribution in [0.1, 0.15) is 28.4 Å². The smallest absolute Gasteiger partial charge is 0.271 e. The lowest BCUT2D eigenvalue weighted by Crippen LogP contribution is -2.59. The Balaban J connectivity index is 2.10. The van der Waals surface area contributed by atoms with Crippen molar-refractivity contribution in [2.75, 3.05) is 5.73 Å². The number of anilines is 1. The van der Waals surface area contributed by atoms with Crippen molar-refractivity contribution < 1.29 is 29.6 Å². The van der Waals surface area contributed by atoms with E-state index in [4.69, 9.17) is 10.5 Å². The Bertz CT molecular complexity index is 972. The first-order valence-corrected chi connectivity index (χ1v) is 7.42. The van der Waals surface area contributed by atoms with Crippen molar-refractivity contribution in [1.82, 2.24) is 5.32 Å². The van der Waals surface area contributed by atoms with Crippen LogP contribution in [0, 0.1) is 0 Å². The first-order chi connectivity index (χ1) is 11.7. The summed E-state index contributed by atoms with van der Waals surface area (Å²) in [6.45, 7) is 1.19. The molecule has 6 N–H and O–H groups in total. The Morgan fingerprint density at radius 3 is 2.56 bits per heavy atom. The summed E-state index contributed by atoms with van der Waals surface area (Å²) < 4.78 is 5.60. The quantitative estimate of drug-likeness (QED) is 0.374. The van der Waals surface area contributed by atoms with Gasteiger partial charge in [-0.15, -0.1) is 0 Å². The first-order valence-electron chi connectivity index (χ1n) is 7.42. The van der Waals surface area contributed by atoms with E-state index in [1.54, 1.807) is 6.07 Å². The van der Waals surface area contributed by atoms with E-state index in [-0.39, 0.29) is 28.1 Å². The number of aliphatic hydroxyl groups is 1. The maximum atomic E-state index is 13.2. The third kappa shape index (κ3) is 1.59. The number of nitrogen functional groups attached to an aromatic ring is 1. The second-order valence-electron chi connectivity index (χ2n) is 6.11. The minimum absolute atomic E-state index is 0.0288. The zero-order chi connectivity index (χ0) is 18.1. The molecule has 0 spiro atoms. The molecule has 128 valence electrons. The van der Waals surface area contributed by atoms with E-state index in [0.717, 1.165) is 12.1 Å². The van der Waals surface area contributed by atoms with Gasteiger partial charge < -0.3 is 31.1 Å². The van der Waals surface area contributed by atoms with Crippen LogP contribution >= 0.6 is 0 Å². The maximum Gasteiger partial charge on any atom is 0.271 e. The molecule has 1 heterocycles. The molecule has 2 atom stereocenters. The number of carbonyl (C=O) groups excluding carboxylic acids is 2. The average Bonchev–Trinajstić information content (AvgIpc) is 2.86. The SMILES string of the molecule is CC(=O)N[C@]12C(=O)c3c(N)cccc3[C@@]1(O)Oc1cc(O)c(O)cc12. The fraction of sp³-hybridized carbons (Fsp3) is 0.176. The predicted octanol–water partition coefficient (Wildman–Crippen LogP) is 0.445. The third-order valence-electron chi connectivity index (χ3n) is 4.64. The van der Waals surface area contributed by atoms with Crippen LogP contribution in [0.5, 0.6) is 17.2 Å². The van der Waals surface area contributed by atoms with Crippen molar-refractivity contribution in [2.24, 2.45) is 0 Å². The number of benzene rings is 2. The van der Waals surface area contributed by atoms with Crippen LogP contribution in [-0.2, 0) is 16.1 Å². The second kappa shape index (κ2) is 4.42. The monoisotopic (exact) mass is 342 g/mol. The van der Waals surface area contributed by atoms with E-state index in [1.165, 1.54) is 19.1 Å². The Hall–Kier alpha value is -3.26. The number of amides is 1. The maximum absolute atomic E-state index is 13.2. The lowest BCUT2D eigenvalue weighted by atomic mass is 9.82. The number of nitrogens with one attached hydrogen (secondary N) is 1.